The topological polar surface area (TPSA) is 35.8 Å². The Kier molecular flexibility index (Phi) is 5.18. The van der Waals surface area contributed by atoms with Crippen LogP contribution in [0.4, 0.5) is 14.5 Å². The lowest BCUT2D eigenvalue weighted by Crippen LogP contribution is -2.06. The highest BCUT2D eigenvalue weighted by atomic mass is 32.2. The van der Waals surface area contributed by atoms with Crippen LogP contribution in [0.2, 0.25) is 0 Å². The second-order valence-corrected chi connectivity index (χ2v) is 5.62. The zero-order valence-corrected chi connectivity index (χ0v) is 12.3. The number of thioether (sulfide) groups is 1. The van der Waals surface area contributed by atoms with Crippen LogP contribution in [0, 0.1) is 23.0 Å². The first-order valence-electron chi connectivity index (χ1n) is 6.49. The van der Waals surface area contributed by atoms with Crippen molar-refractivity contribution in [3.05, 3.63) is 59.2 Å². The minimum Gasteiger partial charge on any atom is -0.380 e. The molecule has 0 aliphatic carbocycles. The molecule has 0 aliphatic heterocycles. The summed E-state index contributed by atoms with van der Waals surface area (Å²) >= 11 is 1.66. The maximum absolute atomic E-state index is 13.8. The van der Waals surface area contributed by atoms with Crippen LogP contribution in [-0.4, -0.2) is 5.75 Å². The van der Waals surface area contributed by atoms with Crippen LogP contribution in [0.3, 0.4) is 0 Å². The largest absolute Gasteiger partial charge is 0.380 e. The maximum Gasteiger partial charge on any atom is 0.132 e. The summed E-state index contributed by atoms with van der Waals surface area (Å²) in [7, 11) is 0. The van der Waals surface area contributed by atoms with Crippen LogP contribution in [0.25, 0.3) is 0 Å². The molecule has 0 saturated carbocycles. The van der Waals surface area contributed by atoms with Crippen LogP contribution in [-0.2, 0) is 6.54 Å². The van der Waals surface area contributed by atoms with Crippen molar-refractivity contribution in [2.75, 3.05) is 11.1 Å². The zero-order chi connectivity index (χ0) is 15.2. The van der Waals surface area contributed by atoms with E-state index in [4.69, 9.17) is 5.26 Å². The van der Waals surface area contributed by atoms with Crippen molar-refractivity contribution in [1.82, 2.24) is 0 Å². The molecule has 2 aromatic carbocycles. The Morgan fingerprint density at radius 2 is 1.86 bits per heavy atom. The number of nitrogens with zero attached hydrogens (tertiary/aromatic N) is 1. The van der Waals surface area contributed by atoms with Crippen molar-refractivity contribution in [1.29, 1.82) is 5.26 Å². The molecule has 108 valence electrons. The van der Waals surface area contributed by atoms with Crippen molar-refractivity contribution in [2.45, 2.75) is 18.4 Å². The van der Waals surface area contributed by atoms with Gasteiger partial charge in [-0.1, -0.05) is 19.1 Å². The number of nitriles is 1. The Morgan fingerprint density at radius 1 is 1.19 bits per heavy atom. The van der Waals surface area contributed by atoms with Gasteiger partial charge in [0.05, 0.1) is 11.6 Å². The first-order chi connectivity index (χ1) is 10.2. The molecule has 0 radical (unpaired) electrons. The average molecular weight is 304 g/mol. The molecule has 1 N–H and O–H groups in total. The maximum atomic E-state index is 13.8. The van der Waals surface area contributed by atoms with E-state index in [0.717, 1.165) is 28.5 Å². The molecule has 0 aromatic heterocycles. The fourth-order valence-electron chi connectivity index (χ4n) is 1.91. The number of para-hydroxylation sites is 1. The Balaban J connectivity index is 2.19. The smallest absolute Gasteiger partial charge is 0.132 e. The molecule has 0 unspecified atom stereocenters. The zero-order valence-electron chi connectivity index (χ0n) is 11.5. The highest BCUT2D eigenvalue weighted by Gasteiger charge is 2.11. The lowest BCUT2D eigenvalue weighted by Gasteiger charge is -2.12. The van der Waals surface area contributed by atoms with Gasteiger partial charge in [-0.2, -0.15) is 5.26 Å². The van der Waals surface area contributed by atoms with E-state index in [0.29, 0.717) is 0 Å². The number of rotatable bonds is 5. The molecule has 0 aliphatic rings. The molecular weight excluding hydrogens is 290 g/mol. The monoisotopic (exact) mass is 304 g/mol. The Hall–Kier alpha value is -2.06. The van der Waals surface area contributed by atoms with E-state index in [9.17, 15) is 8.78 Å². The number of hydrogen-bond acceptors (Lipinski definition) is 3. The summed E-state index contributed by atoms with van der Waals surface area (Å²) in [6.07, 6.45) is 0. The second-order valence-electron chi connectivity index (χ2n) is 4.31. The fourth-order valence-corrected chi connectivity index (χ4v) is 2.70. The predicted molar refractivity (Wildman–Crippen MR) is 81.2 cm³/mol. The van der Waals surface area contributed by atoms with Gasteiger partial charge in [0.2, 0.25) is 0 Å². The third-order valence-electron chi connectivity index (χ3n) is 2.91. The third-order valence-corrected chi connectivity index (χ3v) is 3.87. The third kappa shape index (κ3) is 3.73. The van der Waals surface area contributed by atoms with Gasteiger partial charge in [0, 0.05) is 22.7 Å². The number of hydrogen-bond donors (Lipinski definition) is 1. The molecule has 0 spiro atoms. The van der Waals surface area contributed by atoms with Gasteiger partial charge in [-0.15, -0.1) is 11.8 Å². The van der Waals surface area contributed by atoms with E-state index in [1.165, 1.54) is 0 Å². The van der Waals surface area contributed by atoms with Crippen molar-refractivity contribution < 1.29 is 8.78 Å². The predicted octanol–water partition coefficient (Wildman–Crippen LogP) is 4.56. The summed E-state index contributed by atoms with van der Waals surface area (Å²) < 4.78 is 27.6. The van der Waals surface area contributed by atoms with Gasteiger partial charge < -0.3 is 5.32 Å². The van der Waals surface area contributed by atoms with Gasteiger partial charge >= 0.3 is 0 Å². The van der Waals surface area contributed by atoms with E-state index >= 15 is 0 Å². The molecule has 2 rings (SSSR count). The molecule has 0 saturated heterocycles. The minimum absolute atomic E-state index is 0.0179. The first-order valence-corrected chi connectivity index (χ1v) is 7.48. The van der Waals surface area contributed by atoms with Crippen molar-refractivity contribution >= 4 is 17.4 Å². The highest BCUT2D eigenvalue weighted by Crippen LogP contribution is 2.27. The van der Waals surface area contributed by atoms with Gasteiger partial charge in [0.25, 0.3) is 0 Å². The minimum atomic E-state index is -0.709. The standard InChI is InChI=1S/C16H14F2N2S/c1-2-21-16-6-4-3-5-15(16)20-10-12-13(17)7-11(9-19)8-14(12)18/h3-8,20H,2,10H2,1H3. The van der Waals surface area contributed by atoms with Gasteiger partial charge in [0.1, 0.15) is 11.6 Å². The van der Waals surface area contributed by atoms with E-state index in [-0.39, 0.29) is 17.7 Å². The molecule has 0 bridgehead atoms. The highest BCUT2D eigenvalue weighted by molar-refractivity contribution is 7.99. The lowest BCUT2D eigenvalue weighted by molar-refractivity contribution is 0.559. The van der Waals surface area contributed by atoms with Gasteiger partial charge in [0.15, 0.2) is 0 Å². The average Bonchev–Trinajstić information content (AvgIpc) is 2.48. The van der Waals surface area contributed by atoms with Gasteiger partial charge in [-0.05, 0) is 30.0 Å². The van der Waals surface area contributed by atoms with Crippen LogP contribution in [0.15, 0.2) is 41.3 Å². The van der Waals surface area contributed by atoms with Crippen molar-refractivity contribution in [3.8, 4) is 6.07 Å². The molecular formula is C16H14F2N2S. The van der Waals surface area contributed by atoms with Crippen molar-refractivity contribution in [3.63, 3.8) is 0 Å². The molecule has 2 nitrogen and oxygen atoms in total. The summed E-state index contributed by atoms with van der Waals surface area (Å²) in [6, 6.07) is 11.5. The molecule has 2 aromatic rings. The Labute approximate surface area is 126 Å². The van der Waals surface area contributed by atoms with Gasteiger partial charge in [-0.3, -0.25) is 0 Å². The van der Waals surface area contributed by atoms with Crippen LogP contribution in [0.1, 0.15) is 18.1 Å². The summed E-state index contributed by atoms with van der Waals surface area (Å²) in [4.78, 5) is 1.04. The van der Waals surface area contributed by atoms with Crippen LogP contribution >= 0.6 is 11.8 Å². The van der Waals surface area contributed by atoms with Crippen molar-refractivity contribution in [2.24, 2.45) is 0 Å². The summed E-state index contributed by atoms with van der Waals surface area (Å²) in [5.41, 5.74) is 0.758. The summed E-state index contributed by atoms with van der Waals surface area (Å²) in [5, 5.41) is 11.7. The molecule has 21 heavy (non-hydrogen) atoms. The lowest BCUT2D eigenvalue weighted by atomic mass is 10.1. The molecule has 5 heteroatoms. The normalized spacial score (nSPS) is 10.2. The Morgan fingerprint density at radius 3 is 2.48 bits per heavy atom. The summed E-state index contributed by atoms with van der Waals surface area (Å²) in [6.45, 7) is 2.08. The SMILES string of the molecule is CCSc1ccccc1NCc1c(F)cc(C#N)cc1F. The van der Waals surface area contributed by atoms with E-state index < -0.39 is 11.6 Å². The molecule has 0 heterocycles. The van der Waals surface area contributed by atoms with Gasteiger partial charge in [-0.25, -0.2) is 8.78 Å². The first kappa shape index (κ1) is 15.3. The molecule has 0 fully saturated rings. The molecule has 0 atom stereocenters. The van der Waals surface area contributed by atoms with E-state index in [1.807, 2.05) is 31.2 Å². The quantitative estimate of drug-likeness (QED) is 0.823. The number of anilines is 1. The number of benzene rings is 2. The van der Waals surface area contributed by atoms with E-state index in [1.54, 1.807) is 17.8 Å². The Bertz CT molecular complexity index is 657. The van der Waals surface area contributed by atoms with Crippen LogP contribution in [0.5, 0.6) is 0 Å². The summed E-state index contributed by atoms with van der Waals surface area (Å²) in [5.74, 6) is -0.502. The number of nitrogens with one attached hydrogen (secondary N) is 1. The second kappa shape index (κ2) is 7.09. The van der Waals surface area contributed by atoms with Crippen LogP contribution < -0.4 is 5.32 Å². The fraction of sp³-hybridized carbons (Fsp3) is 0.188. The molecule has 0 amide bonds. The van der Waals surface area contributed by atoms with E-state index in [2.05, 4.69) is 5.32 Å². The number of halogens is 2.